The Morgan fingerprint density at radius 3 is 2.52 bits per heavy atom. The second-order valence-corrected chi connectivity index (χ2v) is 6.47. The Kier molecular flexibility index (Phi) is 3.18. The van der Waals surface area contributed by atoms with Crippen molar-refractivity contribution in [1.82, 2.24) is 10.2 Å². The van der Waals surface area contributed by atoms with Crippen LogP contribution >= 0.6 is 0 Å². The first kappa shape index (κ1) is 14.0. The fraction of sp³-hybridized carbons (Fsp3) is 0.263. The maximum absolute atomic E-state index is 11.9. The second-order valence-electron chi connectivity index (χ2n) is 6.47. The van der Waals surface area contributed by atoms with Crippen molar-refractivity contribution in [2.24, 2.45) is 5.92 Å². The number of H-pyrrole nitrogens is 1. The van der Waals surface area contributed by atoms with E-state index >= 15 is 0 Å². The van der Waals surface area contributed by atoms with E-state index in [0.29, 0.717) is 5.82 Å². The lowest BCUT2D eigenvalue weighted by Gasteiger charge is -2.06. The average molecular weight is 305 g/mol. The number of aromatic amines is 1. The minimum absolute atomic E-state index is 0.0804. The smallest absolute Gasteiger partial charge is 0.228 e. The van der Waals surface area contributed by atoms with E-state index in [2.05, 4.69) is 59.7 Å². The highest BCUT2D eigenvalue weighted by Crippen LogP contribution is 2.32. The van der Waals surface area contributed by atoms with Crippen molar-refractivity contribution in [3.63, 3.8) is 0 Å². The van der Waals surface area contributed by atoms with Crippen molar-refractivity contribution in [2.75, 3.05) is 5.32 Å². The van der Waals surface area contributed by atoms with E-state index < -0.39 is 0 Å². The molecule has 3 aromatic rings. The quantitative estimate of drug-likeness (QED) is 0.762. The first-order chi connectivity index (χ1) is 11.1. The Balaban J connectivity index is 1.70. The van der Waals surface area contributed by atoms with E-state index in [-0.39, 0.29) is 11.8 Å². The maximum atomic E-state index is 11.9. The number of carbonyl (C=O) groups is 1. The first-order valence-corrected chi connectivity index (χ1v) is 7.98. The molecule has 1 heterocycles. The predicted octanol–water partition coefficient (Wildman–Crippen LogP) is 4.20. The minimum atomic E-state index is 0.0804. The molecular weight excluding hydrogens is 286 g/mol. The second kappa shape index (κ2) is 5.23. The summed E-state index contributed by atoms with van der Waals surface area (Å²) >= 11 is 0. The maximum Gasteiger partial charge on any atom is 0.228 e. The van der Waals surface area contributed by atoms with Crippen LogP contribution in [0.3, 0.4) is 0 Å². The van der Waals surface area contributed by atoms with E-state index in [1.165, 1.54) is 16.7 Å². The zero-order chi connectivity index (χ0) is 16.0. The summed E-state index contributed by atoms with van der Waals surface area (Å²) in [6, 6.07) is 12.7. The molecule has 0 atom stereocenters. The largest absolute Gasteiger partial charge is 0.308 e. The van der Waals surface area contributed by atoms with Gasteiger partial charge in [-0.3, -0.25) is 9.89 Å². The van der Waals surface area contributed by atoms with Gasteiger partial charge in [0.1, 0.15) is 0 Å². The molecule has 1 saturated carbocycles. The van der Waals surface area contributed by atoms with Gasteiger partial charge < -0.3 is 5.32 Å². The summed E-state index contributed by atoms with van der Waals surface area (Å²) in [7, 11) is 0. The lowest BCUT2D eigenvalue weighted by molar-refractivity contribution is -0.117. The SMILES string of the molecule is Cc1cc(C)cc(-c2ccc3c(NC(=O)C4CC4)n[nH]c3c2)c1. The molecule has 1 aliphatic carbocycles. The monoisotopic (exact) mass is 305 g/mol. The van der Waals surface area contributed by atoms with Gasteiger partial charge in [0.2, 0.25) is 5.91 Å². The topological polar surface area (TPSA) is 57.8 Å². The number of hydrogen-bond acceptors (Lipinski definition) is 2. The number of benzene rings is 2. The number of rotatable bonds is 3. The van der Waals surface area contributed by atoms with Crippen LogP contribution in [0.15, 0.2) is 36.4 Å². The number of fused-ring (bicyclic) bond motifs is 1. The normalized spacial score (nSPS) is 14.2. The van der Waals surface area contributed by atoms with Crippen molar-refractivity contribution in [3.05, 3.63) is 47.5 Å². The number of nitrogens with zero attached hydrogens (tertiary/aromatic N) is 1. The summed E-state index contributed by atoms with van der Waals surface area (Å²) < 4.78 is 0. The Morgan fingerprint density at radius 2 is 1.83 bits per heavy atom. The fourth-order valence-electron chi connectivity index (χ4n) is 3.00. The first-order valence-electron chi connectivity index (χ1n) is 7.98. The summed E-state index contributed by atoms with van der Waals surface area (Å²) in [5.74, 6) is 0.886. The van der Waals surface area contributed by atoms with Gasteiger partial charge in [-0.15, -0.1) is 0 Å². The van der Waals surface area contributed by atoms with E-state index in [1.807, 2.05) is 6.07 Å². The molecule has 1 aromatic heterocycles. The molecule has 1 fully saturated rings. The van der Waals surface area contributed by atoms with Crippen LogP contribution in [0.4, 0.5) is 5.82 Å². The molecule has 0 bridgehead atoms. The third-order valence-electron chi connectivity index (χ3n) is 4.31. The van der Waals surface area contributed by atoms with E-state index in [1.54, 1.807) is 0 Å². The van der Waals surface area contributed by atoms with Crippen LogP contribution in [0.2, 0.25) is 0 Å². The molecule has 1 aliphatic rings. The third-order valence-corrected chi connectivity index (χ3v) is 4.31. The predicted molar refractivity (Wildman–Crippen MR) is 92.4 cm³/mol. The van der Waals surface area contributed by atoms with Crippen molar-refractivity contribution in [2.45, 2.75) is 26.7 Å². The van der Waals surface area contributed by atoms with Crippen LogP contribution in [-0.2, 0) is 4.79 Å². The lowest BCUT2D eigenvalue weighted by atomic mass is 10.00. The molecule has 0 spiro atoms. The van der Waals surface area contributed by atoms with Gasteiger partial charge in [-0.05, 0) is 49.9 Å². The van der Waals surface area contributed by atoms with Gasteiger partial charge in [0.05, 0.1) is 5.52 Å². The summed E-state index contributed by atoms with van der Waals surface area (Å²) in [6.45, 7) is 4.22. The summed E-state index contributed by atoms with van der Waals surface area (Å²) in [6.07, 6.45) is 1.98. The van der Waals surface area contributed by atoms with Crippen molar-refractivity contribution in [1.29, 1.82) is 0 Å². The molecule has 4 rings (SSSR count). The van der Waals surface area contributed by atoms with Crippen LogP contribution in [0.1, 0.15) is 24.0 Å². The number of anilines is 1. The Morgan fingerprint density at radius 1 is 1.09 bits per heavy atom. The number of hydrogen-bond donors (Lipinski definition) is 2. The van der Waals surface area contributed by atoms with Crippen LogP contribution in [0.25, 0.3) is 22.0 Å². The zero-order valence-corrected chi connectivity index (χ0v) is 13.3. The van der Waals surface area contributed by atoms with Gasteiger partial charge in [0, 0.05) is 11.3 Å². The number of amides is 1. The highest BCUT2D eigenvalue weighted by atomic mass is 16.2. The van der Waals surface area contributed by atoms with Gasteiger partial charge in [-0.1, -0.05) is 35.4 Å². The standard InChI is InChI=1S/C19H19N3O/c1-11-7-12(2)9-15(8-11)14-5-6-16-17(10-14)21-22-18(16)20-19(23)13-3-4-13/h5-10,13H,3-4H2,1-2H3,(H2,20,21,22,23). The molecule has 2 aromatic carbocycles. The van der Waals surface area contributed by atoms with Crippen LogP contribution in [-0.4, -0.2) is 16.1 Å². The Bertz CT molecular complexity index is 886. The minimum Gasteiger partial charge on any atom is -0.308 e. The van der Waals surface area contributed by atoms with Crippen molar-refractivity contribution < 1.29 is 4.79 Å². The molecule has 4 nitrogen and oxygen atoms in total. The third kappa shape index (κ3) is 2.72. The number of nitrogens with one attached hydrogen (secondary N) is 2. The molecule has 1 amide bonds. The van der Waals surface area contributed by atoms with Gasteiger partial charge in [0.25, 0.3) is 0 Å². The van der Waals surface area contributed by atoms with E-state index in [0.717, 1.165) is 29.3 Å². The van der Waals surface area contributed by atoms with Crippen LogP contribution < -0.4 is 5.32 Å². The van der Waals surface area contributed by atoms with Crippen LogP contribution in [0.5, 0.6) is 0 Å². The molecule has 0 radical (unpaired) electrons. The highest BCUT2D eigenvalue weighted by molar-refractivity contribution is 6.02. The Hall–Kier alpha value is -2.62. The molecule has 23 heavy (non-hydrogen) atoms. The van der Waals surface area contributed by atoms with E-state index in [4.69, 9.17) is 0 Å². The fourth-order valence-corrected chi connectivity index (χ4v) is 3.00. The van der Waals surface area contributed by atoms with Crippen molar-refractivity contribution >= 4 is 22.6 Å². The lowest BCUT2D eigenvalue weighted by Crippen LogP contribution is -2.13. The zero-order valence-electron chi connectivity index (χ0n) is 13.3. The molecule has 0 saturated heterocycles. The van der Waals surface area contributed by atoms with E-state index in [9.17, 15) is 4.79 Å². The average Bonchev–Trinajstić information content (AvgIpc) is 3.29. The van der Waals surface area contributed by atoms with Crippen LogP contribution in [0, 0.1) is 19.8 Å². The molecule has 2 N–H and O–H groups in total. The van der Waals surface area contributed by atoms with Gasteiger partial charge in [-0.25, -0.2) is 0 Å². The van der Waals surface area contributed by atoms with Crippen molar-refractivity contribution in [3.8, 4) is 11.1 Å². The molecular formula is C19H19N3O. The van der Waals surface area contributed by atoms with Gasteiger partial charge in [0.15, 0.2) is 5.82 Å². The molecule has 0 unspecified atom stereocenters. The Labute approximate surface area is 134 Å². The van der Waals surface area contributed by atoms with Gasteiger partial charge >= 0.3 is 0 Å². The molecule has 4 heteroatoms. The summed E-state index contributed by atoms with van der Waals surface area (Å²) in [4.78, 5) is 11.9. The number of aryl methyl sites for hydroxylation is 2. The number of carbonyl (C=O) groups excluding carboxylic acids is 1. The highest BCUT2D eigenvalue weighted by Gasteiger charge is 2.30. The molecule has 116 valence electrons. The summed E-state index contributed by atoms with van der Waals surface area (Å²) in [5, 5.41) is 11.2. The summed E-state index contributed by atoms with van der Waals surface area (Å²) in [5.41, 5.74) is 5.78. The number of aromatic nitrogens is 2. The van der Waals surface area contributed by atoms with Gasteiger partial charge in [-0.2, -0.15) is 5.10 Å². The molecule has 0 aliphatic heterocycles.